The molecule has 118 valence electrons. The molecule has 0 N–H and O–H groups in total. The SMILES string of the molecule is COCCCN(C)C(=O)c1cc(S(=O)(=O)Cl)ccc1OC. The van der Waals surface area contributed by atoms with Crippen molar-refractivity contribution in [3.63, 3.8) is 0 Å². The van der Waals surface area contributed by atoms with Crippen LogP contribution < -0.4 is 4.74 Å². The zero-order valence-corrected chi connectivity index (χ0v) is 13.7. The van der Waals surface area contributed by atoms with Crippen molar-refractivity contribution in [2.75, 3.05) is 34.4 Å². The molecule has 1 aromatic rings. The second kappa shape index (κ2) is 7.63. The topological polar surface area (TPSA) is 72.9 Å². The van der Waals surface area contributed by atoms with Crippen molar-refractivity contribution in [3.8, 4) is 5.75 Å². The van der Waals surface area contributed by atoms with Crippen molar-refractivity contribution < 1.29 is 22.7 Å². The van der Waals surface area contributed by atoms with Gasteiger partial charge in [0.25, 0.3) is 15.0 Å². The number of nitrogens with zero attached hydrogens (tertiary/aromatic N) is 1. The summed E-state index contributed by atoms with van der Waals surface area (Å²) in [5.74, 6) is -0.0484. The first-order valence-corrected chi connectivity index (χ1v) is 8.49. The molecule has 0 spiro atoms. The molecule has 6 nitrogen and oxygen atoms in total. The second-order valence-corrected chi connectivity index (χ2v) is 6.94. The summed E-state index contributed by atoms with van der Waals surface area (Å²) in [5.41, 5.74) is 0.152. The lowest BCUT2D eigenvalue weighted by Crippen LogP contribution is -2.28. The zero-order chi connectivity index (χ0) is 16.0. The monoisotopic (exact) mass is 335 g/mol. The van der Waals surface area contributed by atoms with Gasteiger partial charge >= 0.3 is 0 Å². The highest BCUT2D eigenvalue weighted by molar-refractivity contribution is 8.13. The van der Waals surface area contributed by atoms with Crippen LogP contribution in [0.25, 0.3) is 0 Å². The molecule has 0 bridgehead atoms. The first-order chi connectivity index (χ1) is 9.81. The minimum Gasteiger partial charge on any atom is -0.496 e. The van der Waals surface area contributed by atoms with E-state index in [0.717, 1.165) is 0 Å². The van der Waals surface area contributed by atoms with Gasteiger partial charge in [0.05, 0.1) is 17.6 Å². The van der Waals surface area contributed by atoms with Gasteiger partial charge in [0.1, 0.15) is 5.75 Å². The second-order valence-electron chi connectivity index (χ2n) is 4.37. The molecule has 0 radical (unpaired) electrons. The minimum absolute atomic E-state index is 0.140. The number of benzene rings is 1. The van der Waals surface area contributed by atoms with Crippen LogP contribution in [0.1, 0.15) is 16.8 Å². The summed E-state index contributed by atoms with van der Waals surface area (Å²) in [5, 5.41) is 0. The third kappa shape index (κ3) is 4.87. The van der Waals surface area contributed by atoms with E-state index in [1.807, 2.05) is 0 Å². The first kappa shape index (κ1) is 17.7. The number of ether oxygens (including phenoxy) is 2. The van der Waals surface area contributed by atoms with Crippen LogP contribution in [0, 0.1) is 0 Å². The Morgan fingerprint density at radius 3 is 2.52 bits per heavy atom. The van der Waals surface area contributed by atoms with Crippen LogP contribution in [0.3, 0.4) is 0 Å². The van der Waals surface area contributed by atoms with Gasteiger partial charge in [-0.1, -0.05) is 0 Å². The minimum atomic E-state index is -3.90. The number of carbonyl (C=O) groups is 1. The summed E-state index contributed by atoms with van der Waals surface area (Å²) in [6.45, 7) is 1.01. The smallest absolute Gasteiger partial charge is 0.261 e. The van der Waals surface area contributed by atoms with Crippen LogP contribution in [0.5, 0.6) is 5.75 Å². The Morgan fingerprint density at radius 1 is 1.33 bits per heavy atom. The normalized spacial score (nSPS) is 11.2. The molecule has 1 aromatic carbocycles. The fraction of sp³-hybridized carbons (Fsp3) is 0.462. The predicted molar refractivity (Wildman–Crippen MR) is 79.5 cm³/mol. The van der Waals surface area contributed by atoms with E-state index in [2.05, 4.69) is 0 Å². The highest BCUT2D eigenvalue weighted by Crippen LogP contribution is 2.25. The standard InChI is InChI=1S/C13H18ClNO5S/c1-15(7-4-8-19-2)13(16)11-9-10(21(14,17)18)5-6-12(11)20-3/h5-6,9H,4,7-8H2,1-3H3. The number of rotatable bonds is 7. The lowest BCUT2D eigenvalue weighted by Gasteiger charge is -2.18. The van der Waals surface area contributed by atoms with Crippen molar-refractivity contribution in [2.45, 2.75) is 11.3 Å². The van der Waals surface area contributed by atoms with Gasteiger partial charge in [-0.25, -0.2) is 8.42 Å². The summed E-state index contributed by atoms with van der Waals surface area (Å²) in [4.78, 5) is 13.7. The zero-order valence-electron chi connectivity index (χ0n) is 12.1. The molecule has 0 saturated carbocycles. The summed E-state index contributed by atoms with van der Waals surface area (Å²) >= 11 is 0. The fourth-order valence-electron chi connectivity index (χ4n) is 1.76. The Bertz CT molecular complexity index is 603. The molecule has 0 aromatic heterocycles. The van der Waals surface area contributed by atoms with E-state index in [1.165, 1.54) is 30.2 Å². The maximum absolute atomic E-state index is 12.4. The van der Waals surface area contributed by atoms with E-state index in [-0.39, 0.29) is 16.4 Å². The molecule has 0 aliphatic rings. The van der Waals surface area contributed by atoms with Gasteiger partial charge in [-0.15, -0.1) is 0 Å². The molecule has 0 unspecified atom stereocenters. The Balaban J connectivity index is 3.06. The first-order valence-electron chi connectivity index (χ1n) is 6.18. The summed E-state index contributed by atoms with van der Waals surface area (Å²) in [6.07, 6.45) is 0.675. The lowest BCUT2D eigenvalue weighted by molar-refractivity contribution is 0.0775. The molecule has 21 heavy (non-hydrogen) atoms. The Hall–Kier alpha value is -1.31. The van der Waals surface area contributed by atoms with E-state index < -0.39 is 9.05 Å². The molecule has 0 fully saturated rings. The molecule has 0 saturated heterocycles. The summed E-state index contributed by atoms with van der Waals surface area (Å²) in [7, 11) is 6.01. The maximum Gasteiger partial charge on any atom is 0.261 e. The summed E-state index contributed by atoms with van der Waals surface area (Å²) < 4.78 is 32.8. The predicted octanol–water partition coefficient (Wildman–Crippen LogP) is 1.73. The van der Waals surface area contributed by atoms with E-state index in [9.17, 15) is 13.2 Å². The van der Waals surface area contributed by atoms with Gasteiger partial charge < -0.3 is 14.4 Å². The molecule has 8 heteroatoms. The number of amides is 1. The van der Waals surface area contributed by atoms with Crippen molar-refractivity contribution in [2.24, 2.45) is 0 Å². The van der Waals surface area contributed by atoms with Crippen LogP contribution in [0.15, 0.2) is 23.1 Å². The lowest BCUT2D eigenvalue weighted by atomic mass is 10.1. The third-order valence-corrected chi connectivity index (χ3v) is 4.22. The Labute approximate surface area is 129 Å². The maximum atomic E-state index is 12.4. The highest BCUT2D eigenvalue weighted by atomic mass is 35.7. The molecule has 1 amide bonds. The van der Waals surface area contributed by atoms with Crippen molar-refractivity contribution >= 4 is 25.6 Å². The quantitative estimate of drug-likeness (QED) is 0.560. The van der Waals surface area contributed by atoms with E-state index >= 15 is 0 Å². The van der Waals surface area contributed by atoms with Crippen LogP contribution in [-0.2, 0) is 13.8 Å². The number of hydrogen-bond donors (Lipinski definition) is 0. The number of hydrogen-bond acceptors (Lipinski definition) is 5. The molecular formula is C13H18ClNO5S. The number of carbonyl (C=O) groups excluding carboxylic acids is 1. The molecule has 1 rings (SSSR count). The van der Waals surface area contributed by atoms with E-state index in [4.69, 9.17) is 20.2 Å². The largest absolute Gasteiger partial charge is 0.496 e. The van der Waals surface area contributed by atoms with Crippen LogP contribution in [-0.4, -0.2) is 53.6 Å². The van der Waals surface area contributed by atoms with Gasteiger partial charge in [-0.05, 0) is 24.6 Å². The number of methoxy groups -OCH3 is 2. The third-order valence-electron chi connectivity index (χ3n) is 2.87. The fourth-order valence-corrected chi connectivity index (χ4v) is 2.54. The Kier molecular flexibility index (Phi) is 6.44. The van der Waals surface area contributed by atoms with Gasteiger partial charge in [0.15, 0.2) is 0 Å². The van der Waals surface area contributed by atoms with Crippen molar-refractivity contribution in [3.05, 3.63) is 23.8 Å². The molecule has 0 atom stereocenters. The van der Waals surface area contributed by atoms with E-state index in [0.29, 0.717) is 25.3 Å². The Morgan fingerprint density at radius 2 is 2.00 bits per heavy atom. The van der Waals surface area contributed by atoms with Gasteiger partial charge in [-0.3, -0.25) is 4.79 Å². The molecule has 0 aliphatic heterocycles. The van der Waals surface area contributed by atoms with Gasteiger partial charge in [0, 0.05) is 38.0 Å². The summed E-state index contributed by atoms with van der Waals surface area (Å²) in [6, 6.07) is 3.92. The molecular weight excluding hydrogens is 318 g/mol. The van der Waals surface area contributed by atoms with Crippen LogP contribution in [0.4, 0.5) is 0 Å². The number of halogens is 1. The van der Waals surface area contributed by atoms with Crippen LogP contribution in [0.2, 0.25) is 0 Å². The van der Waals surface area contributed by atoms with Gasteiger partial charge in [-0.2, -0.15) is 0 Å². The van der Waals surface area contributed by atoms with Crippen molar-refractivity contribution in [1.29, 1.82) is 0 Å². The van der Waals surface area contributed by atoms with Gasteiger partial charge in [0.2, 0.25) is 0 Å². The van der Waals surface area contributed by atoms with E-state index in [1.54, 1.807) is 14.2 Å². The molecule has 0 heterocycles. The highest BCUT2D eigenvalue weighted by Gasteiger charge is 2.20. The molecule has 0 aliphatic carbocycles. The van der Waals surface area contributed by atoms with Crippen LogP contribution >= 0.6 is 10.7 Å². The average molecular weight is 336 g/mol. The van der Waals surface area contributed by atoms with Crippen molar-refractivity contribution in [1.82, 2.24) is 4.90 Å². The average Bonchev–Trinajstić information content (AvgIpc) is 2.44.